The smallest absolute Gasteiger partial charge is 0.303 e. The third-order valence-electron chi connectivity index (χ3n) is 0.982. The predicted octanol–water partition coefficient (Wildman–Crippen LogP) is 1.59. The van der Waals surface area contributed by atoms with Gasteiger partial charge in [-0.2, -0.15) is 39.5 Å². The topological polar surface area (TPSA) is 77.8 Å². The molecule has 0 aliphatic carbocycles. The van der Waals surface area contributed by atoms with Crippen LogP contribution in [0.15, 0.2) is 0 Å². The highest BCUT2D eigenvalue weighted by Gasteiger charge is 2.72. The van der Waals surface area contributed by atoms with Crippen LogP contribution in [0.25, 0.3) is 0 Å². The molecule has 0 heterocycles. The molecule has 0 amide bonds. The molecule has 0 saturated heterocycles. The van der Waals surface area contributed by atoms with Crippen LogP contribution < -0.4 is 0 Å². The Morgan fingerprint density at radius 1 is 0.667 bits per heavy atom. The molecule has 0 atom stereocenters. The molecule has 0 rings (SSSR count). The Hall–Kier alpha value is -0.303. The molecular formula is C3H4F9O4PSi. The van der Waals surface area contributed by atoms with E-state index in [0.29, 0.717) is 0 Å². The van der Waals surface area contributed by atoms with Gasteiger partial charge in [0, 0.05) is 0 Å². The highest BCUT2D eigenvalue weighted by molar-refractivity contribution is 7.45. The summed E-state index contributed by atoms with van der Waals surface area (Å²) in [4.78, 5) is 21.6. The van der Waals surface area contributed by atoms with Crippen molar-refractivity contribution in [2.45, 2.75) is 17.4 Å². The third kappa shape index (κ3) is 10.8. The van der Waals surface area contributed by atoms with E-state index in [1.165, 1.54) is 0 Å². The lowest BCUT2D eigenvalue weighted by molar-refractivity contribution is -0.151. The second-order valence-electron chi connectivity index (χ2n) is 2.57. The van der Waals surface area contributed by atoms with E-state index >= 15 is 0 Å². The van der Waals surface area contributed by atoms with Gasteiger partial charge in [-0.1, -0.05) is 0 Å². The van der Waals surface area contributed by atoms with Gasteiger partial charge in [-0.15, -0.1) is 0 Å². The maximum atomic E-state index is 11.3. The van der Waals surface area contributed by atoms with Gasteiger partial charge in [0.15, 0.2) is 0 Å². The second-order valence-corrected chi connectivity index (χ2v) is 6.43. The van der Waals surface area contributed by atoms with Gasteiger partial charge in [0.05, 0.1) is 0 Å². The zero-order valence-corrected chi connectivity index (χ0v) is 9.73. The molecular weight excluding hydrogens is 330 g/mol. The molecule has 112 valence electrons. The molecule has 3 N–H and O–H groups in total. The summed E-state index contributed by atoms with van der Waals surface area (Å²) in [5.74, 6) is -18.7. The van der Waals surface area contributed by atoms with Crippen molar-refractivity contribution < 1.29 is 58.8 Å². The number of hydrogen-bond donors (Lipinski definition) is 3. The number of alkyl halides is 9. The van der Waals surface area contributed by atoms with E-state index in [4.69, 9.17) is 19.2 Å². The summed E-state index contributed by atoms with van der Waals surface area (Å²) < 4.78 is 111. The van der Waals surface area contributed by atoms with Crippen molar-refractivity contribution in [2.75, 3.05) is 0 Å². The first-order valence-electron chi connectivity index (χ1n) is 3.35. The fourth-order valence-electron chi connectivity index (χ4n) is 0.557. The average molecular weight is 334 g/mol. The molecule has 15 heteroatoms. The molecule has 0 aliphatic heterocycles. The van der Waals surface area contributed by atoms with E-state index in [0.717, 1.165) is 0 Å². The quantitative estimate of drug-likeness (QED) is 0.357. The standard InChI is InChI=1S/C3HF9Si.H3O4P/c4-1(5,6)13(2(7,8)9)3(10,11)12;1-5(2,3)4/h13H;(H3,1,2,3,4). The summed E-state index contributed by atoms with van der Waals surface area (Å²) in [6.45, 7) is 0. The monoisotopic (exact) mass is 334 g/mol. The molecule has 0 aromatic carbocycles. The molecule has 0 spiro atoms. The Morgan fingerprint density at radius 3 is 0.778 bits per heavy atom. The minimum absolute atomic E-state index is 4.64. The molecule has 0 fully saturated rings. The van der Waals surface area contributed by atoms with Crippen LogP contribution in [0.3, 0.4) is 0 Å². The van der Waals surface area contributed by atoms with Crippen molar-refractivity contribution >= 4 is 16.6 Å². The molecule has 0 saturated carbocycles. The molecule has 0 bridgehead atoms. The van der Waals surface area contributed by atoms with Gasteiger partial charge in [-0.3, -0.25) is 0 Å². The lowest BCUT2D eigenvalue weighted by atomic mass is 11.4. The Kier molecular flexibility index (Phi) is 6.42. The summed E-state index contributed by atoms with van der Waals surface area (Å²) >= 11 is 0. The number of hydrogen-bond acceptors (Lipinski definition) is 1. The van der Waals surface area contributed by atoms with E-state index in [1.54, 1.807) is 0 Å². The van der Waals surface area contributed by atoms with Crippen LogP contribution in [0, 0.1) is 0 Å². The second kappa shape index (κ2) is 5.77. The van der Waals surface area contributed by atoms with E-state index < -0.39 is 34.0 Å². The third-order valence-corrected chi connectivity index (χ3v) is 2.95. The molecule has 0 aromatic rings. The highest BCUT2D eigenvalue weighted by atomic mass is 31.2. The first kappa shape index (κ1) is 20.0. The Bertz CT molecular complexity index is 259. The number of rotatable bonds is 0. The number of phosphoric acid groups is 1. The molecule has 0 unspecified atom stereocenters. The Morgan fingerprint density at radius 2 is 0.778 bits per heavy atom. The van der Waals surface area contributed by atoms with Crippen LogP contribution in [0.1, 0.15) is 0 Å². The average Bonchev–Trinajstić information content (AvgIpc) is 1.65. The van der Waals surface area contributed by atoms with Gasteiger partial charge >= 0.3 is 34.0 Å². The molecule has 0 aromatic heterocycles. The lowest BCUT2D eigenvalue weighted by Gasteiger charge is -2.22. The van der Waals surface area contributed by atoms with E-state index in [2.05, 4.69) is 0 Å². The van der Waals surface area contributed by atoms with Gasteiger partial charge in [0.1, 0.15) is 0 Å². The normalized spacial score (nSPS) is 14.3. The summed E-state index contributed by atoms with van der Waals surface area (Å²) in [6, 6.07) is 0. The van der Waals surface area contributed by atoms with Gasteiger partial charge in [0.2, 0.25) is 0 Å². The SMILES string of the molecule is FC(F)(F)[SiH](C(F)(F)F)C(F)(F)F.O=P(O)(O)O. The lowest BCUT2D eigenvalue weighted by Crippen LogP contribution is -2.57. The van der Waals surface area contributed by atoms with Crippen molar-refractivity contribution in [1.82, 2.24) is 0 Å². The van der Waals surface area contributed by atoms with E-state index in [1.807, 2.05) is 0 Å². The highest BCUT2D eigenvalue weighted by Crippen LogP contribution is 2.40. The van der Waals surface area contributed by atoms with Crippen LogP contribution in [0.4, 0.5) is 39.5 Å². The van der Waals surface area contributed by atoms with Crippen molar-refractivity contribution in [3.63, 3.8) is 0 Å². The summed E-state index contributed by atoms with van der Waals surface area (Å²) in [7, 11) is -11.4. The first-order valence-corrected chi connectivity index (χ1v) is 6.65. The van der Waals surface area contributed by atoms with Gasteiger partial charge in [0.25, 0.3) is 0 Å². The van der Waals surface area contributed by atoms with Crippen LogP contribution in [0.5, 0.6) is 0 Å². The van der Waals surface area contributed by atoms with Crippen LogP contribution in [-0.4, -0.2) is 40.9 Å². The van der Waals surface area contributed by atoms with Crippen molar-refractivity contribution in [1.29, 1.82) is 0 Å². The molecule has 18 heavy (non-hydrogen) atoms. The predicted molar refractivity (Wildman–Crippen MR) is 39.6 cm³/mol. The first-order chi connectivity index (χ1) is 7.37. The van der Waals surface area contributed by atoms with Gasteiger partial charge < -0.3 is 14.7 Å². The van der Waals surface area contributed by atoms with Crippen molar-refractivity contribution in [2.24, 2.45) is 0 Å². The van der Waals surface area contributed by atoms with Crippen molar-refractivity contribution in [3.05, 3.63) is 0 Å². The summed E-state index contributed by atoms with van der Waals surface area (Å²) in [6.07, 6.45) is 0. The van der Waals surface area contributed by atoms with Crippen molar-refractivity contribution in [3.8, 4) is 0 Å². The summed E-state index contributed by atoms with van der Waals surface area (Å²) in [5.41, 5.74) is 0. The minimum atomic E-state index is -6.80. The minimum Gasteiger partial charge on any atom is -0.303 e. The van der Waals surface area contributed by atoms with E-state index in [9.17, 15) is 39.5 Å². The number of halogens is 9. The van der Waals surface area contributed by atoms with Crippen LogP contribution >= 0.6 is 7.82 Å². The molecule has 0 radical (unpaired) electrons. The Labute approximate surface area is 93.9 Å². The fourth-order valence-corrected chi connectivity index (χ4v) is 1.67. The molecule has 4 nitrogen and oxygen atoms in total. The summed E-state index contributed by atoms with van der Waals surface area (Å²) in [5, 5.41) is 0. The maximum absolute atomic E-state index is 11.3. The largest absolute Gasteiger partial charge is 0.466 e. The molecule has 0 aliphatic rings. The van der Waals surface area contributed by atoms with Gasteiger partial charge in [-0.25, -0.2) is 4.57 Å². The zero-order chi connectivity index (χ0) is 15.6. The van der Waals surface area contributed by atoms with Gasteiger partial charge in [-0.05, 0) is 0 Å². The van der Waals surface area contributed by atoms with Crippen LogP contribution in [-0.2, 0) is 4.57 Å². The maximum Gasteiger partial charge on any atom is 0.466 e. The Balaban J connectivity index is 0. The van der Waals surface area contributed by atoms with Crippen LogP contribution in [0.2, 0.25) is 0 Å². The van der Waals surface area contributed by atoms with E-state index in [-0.39, 0.29) is 0 Å². The zero-order valence-electron chi connectivity index (χ0n) is 7.68. The fraction of sp³-hybridized carbons (Fsp3) is 1.00.